The Labute approximate surface area is 293 Å². The molecule has 0 spiro atoms. The molecule has 1 amide bonds. The van der Waals surface area contributed by atoms with Crippen molar-refractivity contribution in [3.63, 3.8) is 0 Å². The standard InChI is InChI=1S/C38H37N5O4S2/c1-45-31-21-26(22-32(46-2)33(31)47-3)41-38-43-35(39)34(49-38)37-42-30(23-48-37)28-15-10-16-29(27(28)18-17-24-11-6-4-7-12-24)36(44)40-20-19-25-13-8-5-9-14-25/h4-16,21-23H,17-20,39H2,1-3H3,(H,40,44)(H,41,43). The van der Waals surface area contributed by atoms with Crippen LogP contribution in [0.5, 0.6) is 17.2 Å². The number of amides is 1. The zero-order valence-electron chi connectivity index (χ0n) is 27.5. The minimum atomic E-state index is -0.0921. The monoisotopic (exact) mass is 691 g/mol. The number of ether oxygens (including phenoxy) is 3. The fourth-order valence-electron chi connectivity index (χ4n) is 5.60. The largest absolute Gasteiger partial charge is 0.493 e. The van der Waals surface area contributed by atoms with Gasteiger partial charge in [-0.1, -0.05) is 84.1 Å². The van der Waals surface area contributed by atoms with E-state index in [1.165, 1.54) is 33.8 Å². The number of thiazole rings is 2. The quantitative estimate of drug-likeness (QED) is 0.105. The SMILES string of the molecule is COc1cc(Nc2nc(N)c(-c3nc(-c4cccc(C(=O)NCCc5ccccc5)c4CCc4ccccc4)cs3)s2)cc(OC)c1OC. The molecule has 6 rings (SSSR count). The van der Waals surface area contributed by atoms with Crippen LogP contribution >= 0.6 is 22.7 Å². The highest BCUT2D eigenvalue weighted by molar-refractivity contribution is 7.23. The second kappa shape index (κ2) is 15.7. The molecule has 0 aliphatic carbocycles. The van der Waals surface area contributed by atoms with E-state index in [0.29, 0.717) is 52.4 Å². The van der Waals surface area contributed by atoms with Crippen molar-refractivity contribution in [1.82, 2.24) is 15.3 Å². The molecule has 11 heteroatoms. The lowest BCUT2D eigenvalue weighted by atomic mass is 9.93. The van der Waals surface area contributed by atoms with Gasteiger partial charge in [-0.25, -0.2) is 9.97 Å². The molecule has 250 valence electrons. The Bertz CT molecular complexity index is 2000. The van der Waals surface area contributed by atoms with Crippen LogP contribution in [0, 0.1) is 0 Å². The lowest BCUT2D eigenvalue weighted by Gasteiger charge is -2.14. The maximum atomic E-state index is 13.6. The second-order valence-electron chi connectivity index (χ2n) is 11.1. The molecule has 9 nitrogen and oxygen atoms in total. The molecule has 0 bridgehead atoms. The molecule has 0 aliphatic heterocycles. The van der Waals surface area contributed by atoms with Crippen molar-refractivity contribution in [3.8, 4) is 38.4 Å². The number of nitrogens with two attached hydrogens (primary N) is 1. The maximum absolute atomic E-state index is 13.6. The van der Waals surface area contributed by atoms with Gasteiger partial charge in [0.15, 0.2) is 16.6 Å². The molecule has 0 saturated carbocycles. The molecule has 0 saturated heterocycles. The number of hydrogen-bond acceptors (Lipinski definition) is 10. The summed E-state index contributed by atoms with van der Waals surface area (Å²) < 4.78 is 16.4. The van der Waals surface area contributed by atoms with Crippen LogP contribution in [0.15, 0.2) is 96.4 Å². The van der Waals surface area contributed by atoms with E-state index in [2.05, 4.69) is 39.9 Å². The Kier molecular flexibility index (Phi) is 10.7. The number of methoxy groups -OCH3 is 3. The summed E-state index contributed by atoms with van der Waals surface area (Å²) in [7, 11) is 4.71. The van der Waals surface area contributed by atoms with E-state index >= 15 is 0 Å². The third kappa shape index (κ3) is 7.85. The van der Waals surface area contributed by atoms with Crippen LogP contribution in [0.2, 0.25) is 0 Å². The first-order valence-corrected chi connectivity index (χ1v) is 17.4. The number of aryl methyl sites for hydroxylation is 1. The summed E-state index contributed by atoms with van der Waals surface area (Å²) in [6, 6.07) is 29.9. The number of benzene rings is 4. The molecule has 0 atom stereocenters. The number of hydrogen-bond donors (Lipinski definition) is 3. The molecule has 0 radical (unpaired) electrons. The van der Waals surface area contributed by atoms with Gasteiger partial charge in [-0.3, -0.25) is 4.79 Å². The molecule has 4 aromatic carbocycles. The van der Waals surface area contributed by atoms with E-state index in [1.54, 1.807) is 21.3 Å². The first-order chi connectivity index (χ1) is 24.0. The zero-order valence-corrected chi connectivity index (χ0v) is 29.1. The molecular formula is C38H37N5O4S2. The summed E-state index contributed by atoms with van der Waals surface area (Å²) in [5.74, 6) is 1.83. The van der Waals surface area contributed by atoms with Gasteiger partial charge in [0.2, 0.25) is 5.75 Å². The summed E-state index contributed by atoms with van der Waals surface area (Å²) in [6.07, 6.45) is 2.23. The smallest absolute Gasteiger partial charge is 0.251 e. The average Bonchev–Trinajstić information content (AvgIpc) is 3.77. The van der Waals surface area contributed by atoms with Crippen LogP contribution in [0.4, 0.5) is 16.6 Å². The lowest BCUT2D eigenvalue weighted by molar-refractivity contribution is 0.0953. The van der Waals surface area contributed by atoms with E-state index in [4.69, 9.17) is 24.9 Å². The number of nitrogen functional groups attached to an aromatic ring is 1. The molecule has 6 aromatic rings. The summed E-state index contributed by atoms with van der Waals surface area (Å²) >= 11 is 2.90. The first kappa shape index (κ1) is 33.5. The van der Waals surface area contributed by atoms with Crippen molar-refractivity contribution >= 4 is 45.2 Å². The van der Waals surface area contributed by atoms with E-state index in [1.807, 2.05) is 72.1 Å². The molecule has 4 N–H and O–H groups in total. The fraction of sp³-hybridized carbons (Fsp3) is 0.184. The minimum Gasteiger partial charge on any atom is -0.493 e. The van der Waals surface area contributed by atoms with Gasteiger partial charge in [-0.05, 0) is 42.0 Å². The van der Waals surface area contributed by atoms with Gasteiger partial charge < -0.3 is 30.6 Å². The van der Waals surface area contributed by atoms with E-state index in [0.717, 1.165) is 39.5 Å². The van der Waals surface area contributed by atoms with E-state index < -0.39 is 0 Å². The normalized spacial score (nSPS) is 10.8. The van der Waals surface area contributed by atoms with Crippen molar-refractivity contribution < 1.29 is 19.0 Å². The second-order valence-corrected chi connectivity index (χ2v) is 13.0. The number of aromatic nitrogens is 2. The highest BCUT2D eigenvalue weighted by atomic mass is 32.1. The Morgan fingerprint density at radius 2 is 1.47 bits per heavy atom. The van der Waals surface area contributed by atoms with Crippen LogP contribution in [-0.4, -0.2) is 43.7 Å². The van der Waals surface area contributed by atoms with Crippen molar-refractivity contribution in [2.75, 3.05) is 38.9 Å². The minimum absolute atomic E-state index is 0.0921. The van der Waals surface area contributed by atoms with Crippen LogP contribution in [0.1, 0.15) is 27.0 Å². The number of carbonyl (C=O) groups excluding carboxylic acids is 1. The fourth-order valence-corrected chi connectivity index (χ4v) is 7.42. The zero-order chi connectivity index (χ0) is 34.2. The van der Waals surface area contributed by atoms with Crippen molar-refractivity contribution in [2.24, 2.45) is 0 Å². The third-order valence-corrected chi connectivity index (χ3v) is 10.00. The summed E-state index contributed by atoms with van der Waals surface area (Å²) in [5, 5.41) is 9.80. The van der Waals surface area contributed by atoms with Crippen molar-refractivity contribution in [1.29, 1.82) is 0 Å². The van der Waals surface area contributed by atoms with Gasteiger partial charge in [0.25, 0.3) is 5.91 Å². The lowest BCUT2D eigenvalue weighted by Crippen LogP contribution is -2.27. The number of nitrogens with one attached hydrogen (secondary N) is 2. The molecule has 49 heavy (non-hydrogen) atoms. The van der Waals surface area contributed by atoms with Crippen LogP contribution in [0.25, 0.3) is 21.1 Å². The molecule has 0 aliphatic rings. The highest BCUT2D eigenvalue weighted by Gasteiger charge is 2.21. The molecule has 0 unspecified atom stereocenters. The van der Waals surface area contributed by atoms with Crippen LogP contribution < -0.4 is 30.6 Å². The van der Waals surface area contributed by atoms with Crippen LogP contribution in [-0.2, 0) is 19.3 Å². The molecule has 2 aromatic heterocycles. The van der Waals surface area contributed by atoms with Gasteiger partial charge in [0.1, 0.15) is 15.7 Å². The summed E-state index contributed by atoms with van der Waals surface area (Å²) in [6.45, 7) is 0.545. The third-order valence-electron chi connectivity index (χ3n) is 8.01. The van der Waals surface area contributed by atoms with Gasteiger partial charge in [0.05, 0.1) is 27.0 Å². The van der Waals surface area contributed by atoms with Gasteiger partial charge in [0, 0.05) is 40.9 Å². The topological polar surface area (TPSA) is 121 Å². The predicted molar refractivity (Wildman–Crippen MR) is 199 cm³/mol. The number of nitrogens with zero attached hydrogens (tertiary/aromatic N) is 2. The Balaban J connectivity index is 1.27. The molecular weight excluding hydrogens is 655 g/mol. The van der Waals surface area contributed by atoms with E-state index in [-0.39, 0.29) is 5.91 Å². The Hall–Kier alpha value is -5.39. The first-order valence-electron chi connectivity index (χ1n) is 15.7. The summed E-state index contributed by atoms with van der Waals surface area (Å²) in [5.41, 5.74) is 12.8. The summed E-state index contributed by atoms with van der Waals surface area (Å²) in [4.78, 5) is 24.0. The molecule has 2 heterocycles. The van der Waals surface area contributed by atoms with Crippen molar-refractivity contribution in [2.45, 2.75) is 19.3 Å². The maximum Gasteiger partial charge on any atom is 0.251 e. The number of rotatable bonds is 14. The Morgan fingerprint density at radius 1 is 0.796 bits per heavy atom. The van der Waals surface area contributed by atoms with Crippen molar-refractivity contribution in [3.05, 3.63) is 119 Å². The van der Waals surface area contributed by atoms with E-state index in [9.17, 15) is 4.79 Å². The van der Waals surface area contributed by atoms with Crippen LogP contribution in [0.3, 0.4) is 0 Å². The predicted octanol–water partition coefficient (Wildman–Crippen LogP) is 8.04. The number of anilines is 3. The highest BCUT2D eigenvalue weighted by Crippen LogP contribution is 2.43. The number of carbonyl (C=O) groups is 1. The van der Waals surface area contributed by atoms with Gasteiger partial charge in [-0.2, -0.15) is 0 Å². The average molecular weight is 692 g/mol. The van der Waals surface area contributed by atoms with Gasteiger partial charge in [-0.15, -0.1) is 11.3 Å². The Morgan fingerprint density at radius 3 is 2.12 bits per heavy atom. The molecule has 0 fully saturated rings. The van der Waals surface area contributed by atoms with Gasteiger partial charge >= 0.3 is 0 Å².